The molecule has 0 saturated carbocycles. The number of piperidine rings is 1. The molecule has 0 amide bonds. The van der Waals surface area contributed by atoms with Gasteiger partial charge in [-0.1, -0.05) is 6.92 Å². The average molecular weight is 291 g/mol. The number of rotatable bonds is 8. The molecule has 0 aliphatic carbocycles. The van der Waals surface area contributed by atoms with Gasteiger partial charge in [0, 0.05) is 13.1 Å². The van der Waals surface area contributed by atoms with Crippen molar-refractivity contribution in [1.82, 2.24) is 14.5 Å². The third-order valence-electron chi connectivity index (χ3n) is 3.85. The van der Waals surface area contributed by atoms with Gasteiger partial charge in [0.2, 0.25) is 10.0 Å². The van der Waals surface area contributed by atoms with E-state index in [9.17, 15) is 8.42 Å². The Morgan fingerprint density at radius 1 is 1.32 bits per heavy atom. The Labute approximate surface area is 118 Å². The lowest BCUT2D eigenvalue weighted by Gasteiger charge is -2.29. The number of hydrogen-bond acceptors (Lipinski definition) is 4. The number of hydrogen-bond donors (Lipinski definition) is 1. The van der Waals surface area contributed by atoms with E-state index >= 15 is 0 Å². The summed E-state index contributed by atoms with van der Waals surface area (Å²) in [6.07, 6.45) is 4.71. The second-order valence-electron chi connectivity index (χ2n) is 5.56. The van der Waals surface area contributed by atoms with Crippen LogP contribution in [0.3, 0.4) is 0 Å². The number of nitrogens with zero attached hydrogens (tertiary/aromatic N) is 2. The fourth-order valence-electron chi connectivity index (χ4n) is 2.51. The van der Waals surface area contributed by atoms with E-state index in [0.717, 1.165) is 25.4 Å². The molecule has 19 heavy (non-hydrogen) atoms. The highest BCUT2D eigenvalue weighted by Crippen LogP contribution is 2.14. The minimum atomic E-state index is -3.03. The van der Waals surface area contributed by atoms with Crippen molar-refractivity contribution in [2.75, 3.05) is 52.6 Å². The van der Waals surface area contributed by atoms with Crippen LogP contribution >= 0.6 is 0 Å². The van der Waals surface area contributed by atoms with Gasteiger partial charge in [-0.05, 0) is 58.4 Å². The van der Waals surface area contributed by atoms with Crippen LogP contribution < -0.4 is 5.32 Å². The molecule has 1 saturated heterocycles. The summed E-state index contributed by atoms with van der Waals surface area (Å²) in [5, 5.41) is 3.46. The lowest BCUT2D eigenvalue weighted by atomic mass is 9.97. The molecule has 0 aromatic heterocycles. The molecule has 1 N–H and O–H groups in total. The molecular weight excluding hydrogens is 262 g/mol. The maximum absolute atomic E-state index is 11.4. The first-order chi connectivity index (χ1) is 8.93. The van der Waals surface area contributed by atoms with E-state index in [-0.39, 0.29) is 0 Å². The largest absolute Gasteiger partial charge is 0.316 e. The van der Waals surface area contributed by atoms with Gasteiger partial charge in [-0.3, -0.25) is 0 Å². The number of sulfonamides is 1. The zero-order chi connectivity index (χ0) is 14.3. The van der Waals surface area contributed by atoms with Gasteiger partial charge < -0.3 is 10.2 Å². The van der Waals surface area contributed by atoms with Crippen LogP contribution in [0.4, 0.5) is 0 Å². The zero-order valence-corrected chi connectivity index (χ0v) is 13.4. The minimum absolute atomic E-state index is 0.563. The van der Waals surface area contributed by atoms with E-state index in [1.807, 2.05) is 6.92 Å². The van der Waals surface area contributed by atoms with Gasteiger partial charge in [-0.2, -0.15) is 0 Å². The molecular formula is C13H29N3O2S. The van der Waals surface area contributed by atoms with Crippen LogP contribution in [-0.4, -0.2) is 70.2 Å². The van der Waals surface area contributed by atoms with E-state index in [1.54, 1.807) is 0 Å². The first kappa shape index (κ1) is 16.9. The zero-order valence-electron chi connectivity index (χ0n) is 12.6. The fraction of sp³-hybridized carbons (Fsp3) is 1.00. The van der Waals surface area contributed by atoms with Crippen molar-refractivity contribution >= 4 is 10.0 Å². The normalized spacial score (nSPS) is 19.2. The first-order valence-corrected chi connectivity index (χ1v) is 9.12. The van der Waals surface area contributed by atoms with Crippen molar-refractivity contribution in [3.63, 3.8) is 0 Å². The maximum Gasteiger partial charge on any atom is 0.211 e. The Hall–Kier alpha value is -0.170. The molecule has 0 aromatic carbocycles. The van der Waals surface area contributed by atoms with E-state index in [4.69, 9.17) is 0 Å². The van der Waals surface area contributed by atoms with E-state index in [1.165, 1.54) is 36.5 Å². The summed E-state index contributed by atoms with van der Waals surface area (Å²) in [4.78, 5) is 2.38. The van der Waals surface area contributed by atoms with Crippen LogP contribution in [0.15, 0.2) is 0 Å². The van der Waals surface area contributed by atoms with Crippen LogP contribution in [0.2, 0.25) is 0 Å². The van der Waals surface area contributed by atoms with Crippen molar-refractivity contribution in [3.05, 3.63) is 0 Å². The van der Waals surface area contributed by atoms with Crippen LogP contribution in [-0.2, 0) is 10.0 Å². The highest BCUT2D eigenvalue weighted by Gasteiger charge is 2.16. The third-order valence-corrected chi connectivity index (χ3v) is 5.23. The minimum Gasteiger partial charge on any atom is -0.316 e. The average Bonchev–Trinajstić information content (AvgIpc) is 2.34. The second kappa shape index (κ2) is 8.19. The van der Waals surface area contributed by atoms with Crippen molar-refractivity contribution in [3.8, 4) is 0 Å². The summed E-state index contributed by atoms with van der Waals surface area (Å²) in [7, 11) is -0.854. The number of nitrogens with one attached hydrogen (secondary N) is 1. The lowest BCUT2D eigenvalue weighted by Crippen LogP contribution is -2.36. The standard InChI is InChI=1S/C13H29N3O2S/c1-4-16(19(3,17)18)9-5-8-14-12-13-6-10-15(2)11-7-13/h13-14H,4-12H2,1-3H3. The molecule has 0 spiro atoms. The van der Waals surface area contributed by atoms with E-state index in [2.05, 4.69) is 17.3 Å². The Bertz CT molecular complexity index is 338. The van der Waals surface area contributed by atoms with Gasteiger partial charge in [0.05, 0.1) is 6.26 Å². The molecule has 1 rings (SSSR count). The van der Waals surface area contributed by atoms with E-state index < -0.39 is 10.0 Å². The maximum atomic E-state index is 11.4. The van der Waals surface area contributed by atoms with Gasteiger partial charge in [-0.25, -0.2) is 12.7 Å². The Morgan fingerprint density at radius 3 is 2.47 bits per heavy atom. The van der Waals surface area contributed by atoms with Gasteiger partial charge >= 0.3 is 0 Å². The quantitative estimate of drug-likeness (QED) is 0.665. The van der Waals surface area contributed by atoms with Crippen molar-refractivity contribution in [2.45, 2.75) is 26.2 Å². The molecule has 1 aliphatic heterocycles. The van der Waals surface area contributed by atoms with Crippen LogP contribution in [0.25, 0.3) is 0 Å². The van der Waals surface area contributed by atoms with E-state index in [0.29, 0.717) is 13.1 Å². The fourth-order valence-corrected chi connectivity index (χ4v) is 3.44. The predicted octanol–water partition coefficient (Wildman–Crippen LogP) is 0.589. The Kier molecular flexibility index (Phi) is 7.28. The summed E-state index contributed by atoms with van der Waals surface area (Å²) in [6.45, 7) is 7.43. The van der Waals surface area contributed by atoms with Crippen molar-refractivity contribution in [1.29, 1.82) is 0 Å². The summed E-state index contributed by atoms with van der Waals surface area (Å²) in [5.41, 5.74) is 0. The highest BCUT2D eigenvalue weighted by atomic mass is 32.2. The molecule has 6 heteroatoms. The second-order valence-corrected chi connectivity index (χ2v) is 7.54. The lowest BCUT2D eigenvalue weighted by molar-refractivity contribution is 0.216. The summed E-state index contributed by atoms with van der Waals surface area (Å²) in [6, 6.07) is 0. The molecule has 1 heterocycles. The van der Waals surface area contributed by atoms with Crippen LogP contribution in [0, 0.1) is 5.92 Å². The predicted molar refractivity (Wildman–Crippen MR) is 79.8 cm³/mol. The third kappa shape index (κ3) is 6.70. The summed E-state index contributed by atoms with van der Waals surface area (Å²) in [5.74, 6) is 0.786. The summed E-state index contributed by atoms with van der Waals surface area (Å²) < 4.78 is 24.3. The van der Waals surface area contributed by atoms with Crippen molar-refractivity contribution < 1.29 is 8.42 Å². The molecule has 1 fully saturated rings. The molecule has 0 unspecified atom stereocenters. The highest BCUT2D eigenvalue weighted by molar-refractivity contribution is 7.88. The van der Waals surface area contributed by atoms with Gasteiger partial charge in [-0.15, -0.1) is 0 Å². The van der Waals surface area contributed by atoms with Gasteiger partial charge in [0.1, 0.15) is 0 Å². The summed E-state index contributed by atoms with van der Waals surface area (Å²) >= 11 is 0. The molecule has 0 bridgehead atoms. The molecule has 0 radical (unpaired) electrons. The molecule has 0 aromatic rings. The van der Waals surface area contributed by atoms with Crippen molar-refractivity contribution in [2.24, 2.45) is 5.92 Å². The molecule has 1 aliphatic rings. The van der Waals surface area contributed by atoms with Gasteiger partial charge in [0.15, 0.2) is 0 Å². The Morgan fingerprint density at radius 2 is 1.95 bits per heavy atom. The van der Waals surface area contributed by atoms with Crippen LogP contribution in [0.1, 0.15) is 26.2 Å². The van der Waals surface area contributed by atoms with Crippen LogP contribution in [0.5, 0.6) is 0 Å². The molecule has 114 valence electrons. The smallest absolute Gasteiger partial charge is 0.211 e. The topological polar surface area (TPSA) is 52.6 Å². The van der Waals surface area contributed by atoms with Gasteiger partial charge in [0.25, 0.3) is 0 Å². The number of likely N-dealkylation sites (tertiary alicyclic amines) is 1. The first-order valence-electron chi connectivity index (χ1n) is 7.28. The molecule has 5 nitrogen and oxygen atoms in total. The molecule has 0 atom stereocenters. The Balaban J connectivity index is 2.08. The monoisotopic (exact) mass is 291 g/mol. The SMILES string of the molecule is CCN(CCCNCC1CCN(C)CC1)S(C)(=O)=O.